The van der Waals surface area contributed by atoms with E-state index in [4.69, 9.17) is 15.0 Å². The van der Waals surface area contributed by atoms with Gasteiger partial charge in [-0.25, -0.2) is 15.0 Å². The van der Waals surface area contributed by atoms with Gasteiger partial charge in [0.25, 0.3) is 5.56 Å². The summed E-state index contributed by atoms with van der Waals surface area (Å²) >= 11 is 0. The molecule has 0 fully saturated rings. The summed E-state index contributed by atoms with van der Waals surface area (Å²) in [6, 6.07) is 54.1. The molecule has 1 N–H and O–H groups in total. The van der Waals surface area contributed by atoms with Crippen LogP contribution in [0.25, 0.3) is 105 Å². The number of aromatic amines is 1. The Morgan fingerprint density at radius 3 is 1.78 bits per heavy atom. The zero-order chi connectivity index (χ0) is 38.9. The Labute approximate surface area is 332 Å². The number of H-pyrrole nitrogens is 1. The van der Waals surface area contributed by atoms with Gasteiger partial charge in [0, 0.05) is 60.4 Å². The number of para-hydroxylation sites is 3. The van der Waals surface area contributed by atoms with E-state index in [0.29, 0.717) is 22.9 Å². The van der Waals surface area contributed by atoms with Crippen LogP contribution < -0.4 is 5.56 Å². The quantitative estimate of drug-likeness (QED) is 0.136. The van der Waals surface area contributed by atoms with Crippen LogP contribution in [0.2, 0.25) is 0 Å². The Hall–Kier alpha value is -7.90. The predicted octanol–water partition coefficient (Wildman–Crippen LogP) is 12.0. The van der Waals surface area contributed by atoms with Gasteiger partial charge in [0.05, 0.1) is 27.6 Å². The van der Waals surface area contributed by atoms with Crippen LogP contribution in [-0.2, 0) is 0 Å². The van der Waals surface area contributed by atoms with Gasteiger partial charge >= 0.3 is 0 Å². The van der Waals surface area contributed by atoms with Crippen LogP contribution in [-0.4, -0.2) is 29.1 Å². The van der Waals surface area contributed by atoms with E-state index in [0.717, 1.165) is 88.0 Å². The van der Waals surface area contributed by atoms with Gasteiger partial charge in [-0.2, -0.15) is 0 Å². The maximum Gasteiger partial charge on any atom is 0.256 e. The summed E-state index contributed by atoms with van der Waals surface area (Å²) in [5, 5.41) is 6.98. The zero-order valence-electron chi connectivity index (χ0n) is 31.5. The van der Waals surface area contributed by atoms with Crippen LogP contribution >= 0.6 is 0 Å². The molecule has 0 unspecified atom stereocenters. The topological polar surface area (TPSA) is 81.4 Å². The van der Waals surface area contributed by atoms with Gasteiger partial charge in [0.2, 0.25) is 0 Å². The van der Waals surface area contributed by atoms with Crippen LogP contribution in [0.3, 0.4) is 0 Å². The standard InChI is InChI=1S/C51H34N6O/c1-3-31(4-2)48-53-49(32-16-7-5-8-17-32)55-50(54-48)33-18-15-21-35(26-33)57-45-25-14-12-22-36(45)40-27-38-39-28-41-37-23-11-13-24-44(37)56(34-19-9-6-10-20-34)47(41)30-43(39)52-51(58)42(38)29-46(40)57/h3-30H,1H2,2H3,(H,52,58)/b31-4+. The molecule has 0 aliphatic heterocycles. The number of pyridine rings is 1. The third kappa shape index (κ3) is 5.14. The molecule has 0 saturated carbocycles. The van der Waals surface area contributed by atoms with Gasteiger partial charge in [-0.3, -0.25) is 4.79 Å². The first-order chi connectivity index (χ1) is 28.6. The molecule has 4 aromatic heterocycles. The summed E-state index contributed by atoms with van der Waals surface area (Å²) in [5.74, 6) is 1.70. The fraction of sp³-hybridized carbons (Fsp3) is 0.0196. The number of fused-ring (bicyclic) bond motifs is 9. The first-order valence-electron chi connectivity index (χ1n) is 19.3. The molecule has 11 aromatic rings. The van der Waals surface area contributed by atoms with Crippen molar-refractivity contribution in [3.63, 3.8) is 0 Å². The molecule has 274 valence electrons. The third-order valence-corrected chi connectivity index (χ3v) is 11.2. The molecule has 0 amide bonds. The van der Waals surface area contributed by atoms with E-state index in [1.54, 1.807) is 6.08 Å². The molecule has 7 heteroatoms. The number of hydrogen-bond acceptors (Lipinski definition) is 4. The highest BCUT2D eigenvalue weighted by Crippen LogP contribution is 2.39. The number of nitrogens with one attached hydrogen (secondary N) is 1. The van der Waals surface area contributed by atoms with Crippen molar-refractivity contribution in [2.24, 2.45) is 0 Å². The molecule has 0 bridgehead atoms. The van der Waals surface area contributed by atoms with E-state index < -0.39 is 0 Å². The van der Waals surface area contributed by atoms with Crippen molar-refractivity contribution in [3.05, 3.63) is 193 Å². The zero-order valence-corrected chi connectivity index (χ0v) is 31.5. The smallest absolute Gasteiger partial charge is 0.256 e. The lowest BCUT2D eigenvalue weighted by Gasteiger charge is -2.12. The number of benzene rings is 7. The number of nitrogens with zero attached hydrogens (tertiary/aromatic N) is 5. The molecule has 7 aromatic carbocycles. The van der Waals surface area contributed by atoms with Crippen molar-refractivity contribution in [3.8, 4) is 34.2 Å². The van der Waals surface area contributed by atoms with E-state index in [9.17, 15) is 4.79 Å². The van der Waals surface area contributed by atoms with Gasteiger partial charge in [-0.1, -0.05) is 116 Å². The summed E-state index contributed by atoms with van der Waals surface area (Å²) in [6.45, 7) is 5.96. The minimum Gasteiger partial charge on any atom is -0.321 e. The van der Waals surface area contributed by atoms with Gasteiger partial charge in [-0.15, -0.1) is 0 Å². The minimum atomic E-state index is -0.134. The number of rotatable bonds is 6. The van der Waals surface area contributed by atoms with Gasteiger partial charge in [0.15, 0.2) is 17.5 Å². The maximum atomic E-state index is 14.2. The minimum absolute atomic E-state index is 0.134. The first-order valence-corrected chi connectivity index (χ1v) is 19.3. The predicted molar refractivity (Wildman–Crippen MR) is 239 cm³/mol. The summed E-state index contributed by atoms with van der Waals surface area (Å²) in [6.07, 6.45) is 3.72. The van der Waals surface area contributed by atoms with E-state index in [2.05, 4.69) is 124 Å². The molecule has 0 aliphatic rings. The van der Waals surface area contributed by atoms with Crippen molar-refractivity contribution >= 4 is 70.9 Å². The molecular formula is C51H34N6O. The summed E-state index contributed by atoms with van der Waals surface area (Å²) < 4.78 is 4.51. The molecular weight excluding hydrogens is 713 g/mol. The Kier molecular flexibility index (Phi) is 7.56. The lowest BCUT2D eigenvalue weighted by atomic mass is 10.0. The van der Waals surface area contributed by atoms with Crippen molar-refractivity contribution in [1.82, 2.24) is 29.1 Å². The van der Waals surface area contributed by atoms with Crippen molar-refractivity contribution < 1.29 is 0 Å². The molecule has 0 spiro atoms. The first kappa shape index (κ1) is 33.4. The molecule has 0 radical (unpaired) electrons. The fourth-order valence-electron chi connectivity index (χ4n) is 8.56. The number of allylic oxidation sites excluding steroid dienone is 3. The lowest BCUT2D eigenvalue weighted by molar-refractivity contribution is 1.04. The monoisotopic (exact) mass is 746 g/mol. The van der Waals surface area contributed by atoms with Crippen molar-refractivity contribution in [2.45, 2.75) is 6.92 Å². The Balaban J connectivity index is 1.14. The van der Waals surface area contributed by atoms with Gasteiger partial charge in [-0.05, 0) is 73.0 Å². The molecule has 58 heavy (non-hydrogen) atoms. The highest BCUT2D eigenvalue weighted by molar-refractivity contribution is 6.21. The summed E-state index contributed by atoms with van der Waals surface area (Å²) in [5.41, 5.74) is 9.35. The Morgan fingerprint density at radius 1 is 0.517 bits per heavy atom. The molecule has 11 rings (SSSR count). The highest BCUT2D eigenvalue weighted by atomic mass is 16.1. The van der Waals surface area contributed by atoms with Crippen molar-refractivity contribution in [2.75, 3.05) is 0 Å². The molecule has 0 aliphatic carbocycles. The summed E-state index contributed by atoms with van der Waals surface area (Å²) in [4.78, 5) is 32.2. The van der Waals surface area contributed by atoms with Crippen LogP contribution in [0.5, 0.6) is 0 Å². The van der Waals surface area contributed by atoms with Crippen molar-refractivity contribution in [1.29, 1.82) is 0 Å². The average Bonchev–Trinajstić information content (AvgIpc) is 3.78. The van der Waals surface area contributed by atoms with E-state index >= 15 is 0 Å². The largest absolute Gasteiger partial charge is 0.321 e. The second-order valence-electron chi connectivity index (χ2n) is 14.5. The van der Waals surface area contributed by atoms with Crippen LogP contribution in [0.1, 0.15) is 12.7 Å². The van der Waals surface area contributed by atoms with E-state index in [1.807, 2.05) is 67.6 Å². The maximum absolute atomic E-state index is 14.2. The molecule has 0 saturated heterocycles. The summed E-state index contributed by atoms with van der Waals surface area (Å²) in [7, 11) is 0. The second-order valence-corrected chi connectivity index (χ2v) is 14.5. The Morgan fingerprint density at radius 2 is 1.09 bits per heavy atom. The van der Waals surface area contributed by atoms with Gasteiger partial charge < -0.3 is 14.1 Å². The molecule has 7 nitrogen and oxygen atoms in total. The van der Waals surface area contributed by atoms with Crippen LogP contribution in [0.15, 0.2) is 181 Å². The fourth-order valence-corrected chi connectivity index (χ4v) is 8.56. The molecule has 4 heterocycles. The van der Waals surface area contributed by atoms with Gasteiger partial charge in [0.1, 0.15) is 0 Å². The third-order valence-electron chi connectivity index (χ3n) is 11.2. The van der Waals surface area contributed by atoms with E-state index in [-0.39, 0.29) is 5.56 Å². The SMILES string of the molecule is C=C/C(=C\C)c1nc(-c2ccccc2)nc(-c2cccc(-n3c4ccccc4c4cc5c(cc43)c(=O)[nH]c3cc4c(cc35)c3ccccc3n4-c3ccccc3)c2)n1. The highest BCUT2D eigenvalue weighted by Gasteiger charge is 2.20. The van der Waals surface area contributed by atoms with Crippen LogP contribution in [0, 0.1) is 0 Å². The number of aromatic nitrogens is 6. The second kappa shape index (κ2) is 13.1. The number of hydrogen-bond donors (Lipinski definition) is 1. The average molecular weight is 747 g/mol. The normalized spacial score (nSPS) is 12.1. The van der Waals surface area contributed by atoms with E-state index in [1.165, 1.54) is 0 Å². The Bertz CT molecular complexity index is 3560. The molecule has 0 atom stereocenters. The van der Waals surface area contributed by atoms with Crippen LogP contribution in [0.4, 0.5) is 0 Å². The lowest BCUT2D eigenvalue weighted by Crippen LogP contribution is -2.07.